The van der Waals surface area contributed by atoms with Gasteiger partial charge in [-0.15, -0.1) is 0 Å². The molecule has 6 heteroatoms. The van der Waals surface area contributed by atoms with Gasteiger partial charge in [-0.05, 0) is 46.9 Å². The van der Waals surface area contributed by atoms with Crippen LogP contribution in [0.3, 0.4) is 0 Å². The van der Waals surface area contributed by atoms with E-state index in [1.54, 1.807) is 24.3 Å². The van der Waals surface area contributed by atoms with Crippen LogP contribution in [0.25, 0.3) is 0 Å². The van der Waals surface area contributed by atoms with E-state index in [1.807, 2.05) is 22.6 Å². The zero-order valence-electron chi connectivity index (χ0n) is 8.98. The molecule has 3 N–H and O–H groups in total. The molecule has 0 spiro atoms. The van der Waals surface area contributed by atoms with Gasteiger partial charge >= 0.3 is 0 Å². The molecule has 0 saturated carbocycles. The second-order valence-electron chi connectivity index (χ2n) is 3.64. The van der Waals surface area contributed by atoms with E-state index in [4.69, 9.17) is 28.9 Å². The fraction of sp³-hybridized carbons (Fsp3) is 0. The molecule has 0 amide bonds. The van der Waals surface area contributed by atoms with Crippen LogP contribution in [0, 0.1) is 9.39 Å². The van der Waals surface area contributed by atoms with E-state index >= 15 is 0 Å². The van der Waals surface area contributed by atoms with Crippen molar-refractivity contribution in [3.8, 4) is 0 Å². The summed E-state index contributed by atoms with van der Waals surface area (Å²) in [6, 6.07) is 7.88. The standard InChI is InChI=1S/C12H8Cl2FIN2/c13-6-1-7(14)3-8(2-6)18-12-4-9(15)10(16)5-11(12)17/h1-5,18H,17H2. The van der Waals surface area contributed by atoms with Crippen LogP contribution in [0.5, 0.6) is 0 Å². The molecule has 0 aromatic heterocycles. The maximum atomic E-state index is 13.5. The van der Waals surface area contributed by atoms with Crippen molar-refractivity contribution in [3.05, 3.63) is 49.8 Å². The average Bonchev–Trinajstić information content (AvgIpc) is 2.24. The number of nitrogens with one attached hydrogen (secondary N) is 1. The van der Waals surface area contributed by atoms with E-state index in [9.17, 15) is 4.39 Å². The van der Waals surface area contributed by atoms with Crippen molar-refractivity contribution >= 4 is 62.9 Å². The minimum atomic E-state index is -0.333. The first-order valence-electron chi connectivity index (χ1n) is 4.93. The van der Waals surface area contributed by atoms with Crippen molar-refractivity contribution in [1.82, 2.24) is 0 Å². The van der Waals surface area contributed by atoms with Gasteiger partial charge < -0.3 is 11.1 Å². The Hall–Kier alpha value is -0.720. The van der Waals surface area contributed by atoms with E-state index in [2.05, 4.69) is 5.32 Å². The summed E-state index contributed by atoms with van der Waals surface area (Å²) in [7, 11) is 0. The first-order valence-corrected chi connectivity index (χ1v) is 6.77. The predicted molar refractivity (Wildman–Crippen MR) is 83.3 cm³/mol. The molecule has 2 aromatic carbocycles. The minimum absolute atomic E-state index is 0.333. The summed E-state index contributed by atoms with van der Waals surface area (Å²) in [5, 5.41) is 3.97. The van der Waals surface area contributed by atoms with Gasteiger partial charge in [-0.25, -0.2) is 4.39 Å². The van der Waals surface area contributed by atoms with Gasteiger partial charge in [0, 0.05) is 21.8 Å². The third-order valence-electron chi connectivity index (χ3n) is 2.23. The summed E-state index contributed by atoms with van der Waals surface area (Å²) in [5.74, 6) is -0.333. The van der Waals surface area contributed by atoms with Crippen LogP contribution in [0.15, 0.2) is 30.3 Å². The lowest BCUT2D eigenvalue weighted by Crippen LogP contribution is -1.98. The first kappa shape index (κ1) is 13.7. The lowest BCUT2D eigenvalue weighted by Gasteiger charge is -2.11. The molecular weight excluding hydrogens is 389 g/mol. The lowest BCUT2D eigenvalue weighted by molar-refractivity contribution is 0.621. The van der Waals surface area contributed by atoms with Crippen LogP contribution in [0.1, 0.15) is 0 Å². The Balaban J connectivity index is 2.36. The third-order valence-corrected chi connectivity index (χ3v) is 3.50. The Morgan fingerprint density at radius 3 is 2.28 bits per heavy atom. The molecule has 0 fully saturated rings. The van der Waals surface area contributed by atoms with Crippen LogP contribution in [-0.2, 0) is 0 Å². The summed E-state index contributed by atoms with van der Waals surface area (Å²) < 4.78 is 13.9. The van der Waals surface area contributed by atoms with Crippen LogP contribution in [0.2, 0.25) is 10.0 Å². The summed E-state index contributed by atoms with van der Waals surface area (Å²) in [5.41, 5.74) is 7.40. The van der Waals surface area contributed by atoms with Gasteiger partial charge in [-0.1, -0.05) is 23.2 Å². The minimum Gasteiger partial charge on any atom is -0.397 e. The number of hydrogen-bond acceptors (Lipinski definition) is 2. The smallest absolute Gasteiger partial charge is 0.138 e. The molecule has 0 heterocycles. The highest BCUT2D eigenvalue weighted by Crippen LogP contribution is 2.29. The number of rotatable bonds is 2. The average molecular weight is 397 g/mol. The fourth-order valence-electron chi connectivity index (χ4n) is 1.45. The van der Waals surface area contributed by atoms with Crippen molar-refractivity contribution in [3.63, 3.8) is 0 Å². The van der Waals surface area contributed by atoms with E-state index < -0.39 is 0 Å². The largest absolute Gasteiger partial charge is 0.397 e. The molecule has 0 atom stereocenters. The zero-order chi connectivity index (χ0) is 13.3. The number of nitrogen functional groups attached to an aromatic ring is 1. The van der Waals surface area contributed by atoms with E-state index in [-0.39, 0.29) is 5.82 Å². The van der Waals surface area contributed by atoms with Crippen LogP contribution < -0.4 is 11.1 Å². The number of nitrogens with two attached hydrogens (primary N) is 1. The van der Waals surface area contributed by atoms with Crippen LogP contribution >= 0.6 is 45.8 Å². The van der Waals surface area contributed by atoms with Gasteiger partial charge in [0.25, 0.3) is 0 Å². The van der Waals surface area contributed by atoms with Gasteiger partial charge in [0.05, 0.1) is 14.9 Å². The number of benzene rings is 2. The molecule has 0 radical (unpaired) electrons. The summed E-state index contributed by atoms with van der Waals surface area (Å²) in [4.78, 5) is 0. The van der Waals surface area contributed by atoms with Crippen molar-refractivity contribution < 1.29 is 4.39 Å². The zero-order valence-corrected chi connectivity index (χ0v) is 12.6. The molecule has 94 valence electrons. The molecule has 0 bridgehead atoms. The Bertz CT molecular complexity index is 585. The quantitative estimate of drug-likeness (QED) is 0.549. The molecule has 2 rings (SSSR count). The van der Waals surface area contributed by atoms with Crippen LogP contribution in [-0.4, -0.2) is 0 Å². The van der Waals surface area contributed by atoms with Crippen molar-refractivity contribution in [2.75, 3.05) is 11.1 Å². The molecule has 0 aliphatic carbocycles. The van der Waals surface area contributed by atoms with Gasteiger partial charge in [0.1, 0.15) is 5.82 Å². The van der Waals surface area contributed by atoms with E-state index in [1.165, 1.54) is 6.07 Å². The van der Waals surface area contributed by atoms with Gasteiger partial charge in [0.2, 0.25) is 0 Å². The maximum absolute atomic E-state index is 13.5. The van der Waals surface area contributed by atoms with E-state index in [0.717, 1.165) is 0 Å². The molecule has 2 aromatic rings. The highest BCUT2D eigenvalue weighted by atomic mass is 127. The third kappa shape index (κ3) is 3.18. The SMILES string of the molecule is Nc1cc(I)c(F)cc1Nc1cc(Cl)cc(Cl)c1. The monoisotopic (exact) mass is 396 g/mol. The van der Waals surface area contributed by atoms with Gasteiger partial charge in [0.15, 0.2) is 0 Å². The van der Waals surface area contributed by atoms with Crippen LogP contribution in [0.4, 0.5) is 21.5 Å². The van der Waals surface area contributed by atoms with Crippen molar-refractivity contribution in [2.45, 2.75) is 0 Å². The molecule has 18 heavy (non-hydrogen) atoms. The highest BCUT2D eigenvalue weighted by molar-refractivity contribution is 14.1. The van der Waals surface area contributed by atoms with Gasteiger partial charge in [-0.2, -0.15) is 0 Å². The first-order chi connectivity index (χ1) is 8.45. The molecule has 0 unspecified atom stereocenters. The number of halogens is 4. The summed E-state index contributed by atoms with van der Waals surface area (Å²) in [6.45, 7) is 0. The molecule has 0 saturated heterocycles. The Morgan fingerprint density at radius 1 is 1.06 bits per heavy atom. The highest BCUT2D eigenvalue weighted by Gasteiger charge is 2.07. The molecule has 2 nitrogen and oxygen atoms in total. The Morgan fingerprint density at radius 2 is 1.67 bits per heavy atom. The summed E-state index contributed by atoms with van der Waals surface area (Å²) >= 11 is 13.6. The maximum Gasteiger partial charge on any atom is 0.138 e. The second kappa shape index (κ2) is 5.50. The fourth-order valence-corrected chi connectivity index (χ4v) is 2.47. The predicted octanol–water partition coefficient (Wildman–Crippen LogP) is 5.06. The topological polar surface area (TPSA) is 38.0 Å². The summed E-state index contributed by atoms with van der Waals surface area (Å²) in [6.07, 6.45) is 0. The van der Waals surface area contributed by atoms with Crippen molar-refractivity contribution in [1.29, 1.82) is 0 Å². The molecule has 0 aliphatic rings. The molecular formula is C12H8Cl2FIN2. The Labute approximate surface area is 127 Å². The number of anilines is 3. The number of hydrogen-bond donors (Lipinski definition) is 2. The lowest BCUT2D eigenvalue weighted by atomic mass is 10.2. The Kier molecular flexibility index (Phi) is 4.19. The normalized spacial score (nSPS) is 10.4. The molecule has 0 aliphatic heterocycles. The second-order valence-corrected chi connectivity index (χ2v) is 5.67. The van der Waals surface area contributed by atoms with Gasteiger partial charge in [-0.3, -0.25) is 0 Å². The van der Waals surface area contributed by atoms with E-state index in [0.29, 0.717) is 30.7 Å². The van der Waals surface area contributed by atoms with Crippen molar-refractivity contribution in [2.24, 2.45) is 0 Å².